The summed E-state index contributed by atoms with van der Waals surface area (Å²) >= 11 is 0. The molecule has 1 unspecified atom stereocenters. The highest BCUT2D eigenvalue weighted by Gasteiger charge is 2.32. The van der Waals surface area contributed by atoms with Crippen molar-refractivity contribution in [2.45, 2.75) is 90.3 Å². The summed E-state index contributed by atoms with van der Waals surface area (Å²) in [7, 11) is 0. The van der Waals surface area contributed by atoms with Crippen molar-refractivity contribution in [2.24, 2.45) is 0 Å². The van der Waals surface area contributed by atoms with Crippen molar-refractivity contribution in [2.75, 3.05) is 0 Å². The average Bonchev–Trinajstić information content (AvgIpc) is 2.59. The first-order chi connectivity index (χ1) is 12.8. The number of unbranched alkanes of at least 4 members (excludes halogenated alkanes) is 8. The summed E-state index contributed by atoms with van der Waals surface area (Å²) in [4.78, 5) is 12.0. The second-order valence-electron chi connectivity index (χ2n) is 7.03. The number of halogens is 4. The van der Waals surface area contributed by atoms with E-state index in [1.54, 1.807) is 6.92 Å². The van der Waals surface area contributed by atoms with Gasteiger partial charge in [0.25, 0.3) is 0 Å². The van der Waals surface area contributed by atoms with Crippen LogP contribution in [-0.4, -0.2) is 12.1 Å². The fourth-order valence-corrected chi connectivity index (χ4v) is 2.91. The quantitative estimate of drug-likeness (QED) is 0.212. The molecule has 0 aliphatic rings. The van der Waals surface area contributed by atoms with Crippen LogP contribution in [0.1, 0.15) is 94.0 Å². The normalized spacial score (nSPS) is 12.8. The van der Waals surface area contributed by atoms with Crippen LogP contribution in [0.4, 0.5) is 17.6 Å². The molecule has 0 saturated heterocycles. The standard InChI is InChI=1S/C21H30F4O2/c1-3-4-5-6-7-8-9-10-11-12-16(2)27-20(26)18-15-17(21(23,24)25)13-14-19(18)22/h13-16H,3-12H2,1-2H3. The van der Waals surface area contributed by atoms with Gasteiger partial charge in [0.2, 0.25) is 0 Å². The molecule has 154 valence electrons. The van der Waals surface area contributed by atoms with Crippen LogP contribution in [0.5, 0.6) is 0 Å². The van der Waals surface area contributed by atoms with Gasteiger partial charge >= 0.3 is 12.1 Å². The lowest BCUT2D eigenvalue weighted by atomic mass is 10.1. The van der Waals surface area contributed by atoms with Crippen LogP contribution in [0.2, 0.25) is 0 Å². The smallest absolute Gasteiger partial charge is 0.416 e. The van der Waals surface area contributed by atoms with Gasteiger partial charge in [0, 0.05) is 0 Å². The Balaban J connectivity index is 2.32. The molecular weight excluding hydrogens is 360 g/mol. The molecule has 0 aliphatic heterocycles. The Labute approximate surface area is 159 Å². The average molecular weight is 390 g/mol. The summed E-state index contributed by atoms with van der Waals surface area (Å²) in [5.41, 5.74) is -1.74. The van der Waals surface area contributed by atoms with E-state index in [1.807, 2.05) is 0 Å². The van der Waals surface area contributed by atoms with Gasteiger partial charge in [-0.05, 0) is 38.0 Å². The number of carbonyl (C=O) groups excluding carboxylic acids is 1. The Morgan fingerprint density at radius 3 is 2.11 bits per heavy atom. The van der Waals surface area contributed by atoms with Crippen molar-refractivity contribution in [1.82, 2.24) is 0 Å². The maximum atomic E-state index is 13.7. The summed E-state index contributed by atoms with van der Waals surface area (Å²) in [6.07, 6.45) is 6.03. The zero-order valence-electron chi connectivity index (χ0n) is 16.2. The molecule has 1 aromatic rings. The van der Waals surface area contributed by atoms with E-state index in [0.717, 1.165) is 19.3 Å². The molecule has 27 heavy (non-hydrogen) atoms. The van der Waals surface area contributed by atoms with Crippen LogP contribution < -0.4 is 0 Å². The fourth-order valence-electron chi connectivity index (χ4n) is 2.91. The van der Waals surface area contributed by atoms with Crippen molar-refractivity contribution < 1.29 is 27.1 Å². The Kier molecular flexibility index (Phi) is 10.4. The van der Waals surface area contributed by atoms with Crippen molar-refractivity contribution >= 4 is 5.97 Å². The van der Waals surface area contributed by atoms with Crippen LogP contribution in [0.25, 0.3) is 0 Å². The molecule has 0 saturated carbocycles. The number of benzene rings is 1. The molecule has 0 heterocycles. The maximum Gasteiger partial charge on any atom is 0.416 e. The lowest BCUT2D eigenvalue weighted by Gasteiger charge is -2.14. The first kappa shape index (κ1) is 23.4. The maximum absolute atomic E-state index is 13.7. The molecule has 0 amide bonds. The highest BCUT2D eigenvalue weighted by atomic mass is 19.4. The Bertz CT molecular complexity index is 570. The third-order valence-corrected chi connectivity index (χ3v) is 4.54. The van der Waals surface area contributed by atoms with Gasteiger partial charge in [-0.2, -0.15) is 13.2 Å². The number of esters is 1. The summed E-state index contributed by atoms with van der Waals surface area (Å²) in [6, 6.07) is 1.76. The molecule has 1 rings (SSSR count). The Morgan fingerprint density at radius 1 is 1.00 bits per heavy atom. The predicted molar refractivity (Wildman–Crippen MR) is 98.1 cm³/mol. The van der Waals surface area contributed by atoms with E-state index in [9.17, 15) is 22.4 Å². The van der Waals surface area contributed by atoms with Gasteiger partial charge in [-0.15, -0.1) is 0 Å². The molecule has 0 N–H and O–H groups in total. The number of carbonyl (C=O) groups is 1. The summed E-state index contributed by atoms with van der Waals surface area (Å²) in [5.74, 6) is -2.06. The molecule has 0 spiro atoms. The fraction of sp³-hybridized carbons (Fsp3) is 0.667. The molecule has 0 aromatic heterocycles. The molecule has 2 nitrogen and oxygen atoms in total. The zero-order valence-corrected chi connectivity index (χ0v) is 16.2. The van der Waals surface area contributed by atoms with Crippen molar-refractivity contribution in [3.63, 3.8) is 0 Å². The first-order valence-electron chi connectivity index (χ1n) is 9.83. The Hall–Kier alpha value is -1.59. The molecule has 0 fully saturated rings. The topological polar surface area (TPSA) is 26.3 Å². The van der Waals surface area contributed by atoms with Gasteiger partial charge in [0.1, 0.15) is 5.82 Å². The van der Waals surface area contributed by atoms with Crippen LogP contribution in [0, 0.1) is 5.82 Å². The Morgan fingerprint density at radius 2 is 1.56 bits per heavy atom. The highest BCUT2D eigenvalue weighted by molar-refractivity contribution is 5.90. The number of ether oxygens (including phenoxy) is 1. The van der Waals surface area contributed by atoms with Gasteiger partial charge in [-0.1, -0.05) is 58.3 Å². The third kappa shape index (κ3) is 9.25. The molecule has 0 bridgehead atoms. The highest BCUT2D eigenvalue weighted by Crippen LogP contribution is 2.30. The number of hydrogen-bond donors (Lipinski definition) is 0. The second kappa shape index (κ2) is 12.0. The van der Waals surface area contributed by atoms with E-state index in [2.05, 4.69) is 6.92 Å². The molecule has 0 aliphatic carbocycles. The lowest BCUT2D eigenvalue weighted by molar-refractivity contribution is -0.137. The summed E-state index contributed by atoms with van der Waals surface area (Å²) in [6.45, 7) is 3.86. The second-order valence-corrected chi connectivity index (χ2v) is 7.03. The number of hydrogen-bond acceptors (Lipinski definition) is 2. The van der Waals surface area contributed by atoms with E-state index in [0.29, 0.717) is 24.6 Å². The van der Waals surface area contributed by atoms with Crippen molar-refractivity contribution in [3.8, 4) is 0 Å². The number of rotatable bonds is 12. The van der Waals surface area contributed by atoms with Crippen LogP contribution in [0.15, 0.2) is 18.2 Å². The van der Waals surface area contributed by atoms with E-state index in [1.165, 1.54) is 38.5 Å². The van der Waals surface area contributed by atoms with Gasteiger partial charge < -0.3 is 4.74 Å². The predicted octanol–water partition coefficient (Wildman–Crippen LogP) is 7.31. The van der Waals surface area contributed by atoms with Gasteiger partial charge in [-0.3, -0.25) is 0 Å². The van der Waals surface area contributed by atoms with E-state index in [-0.39, 0.29) is 0 Å². The summed E-state index contributed by atoms with van der Waals surface area (Å²) < 4.78 is 56.9. The zero-order chi connectivity index (χ0) is 20.3. The van der Waals surface area contributed by atoms with Crippen molar-refractivity contribution in [3.05, 3.63) is 35.1 Å². The molecular formula is C21H30F4O2. The van der Waals surface area contributed by atoms with E-state index >= 15 is 0 Å². The third-order valence-electron chi connectivity index (χ3n) is 4.54. The molecule has 1 atom stereocenters. The van der Waals surface area contributed by atoms with Crippen molar-refractivity contribution in [1.29, 1.82) is 0 Å². The molecule has 1 aromatic carbocycles. The number of alkyl halides is 3. The largest absolute Gasteiger partial charge is 0.459 e. The molecule has 6 heteroatoms. The first-order valence-corrected chi connectivity index (χ1v) is 9.83. The van der Waals surface area contributed by atoms with E-state index < -0.39 is 35.2 Å². The van der Waals surface area contributed by atoms with Crippen LogP contribution >= 0.6 is 0 Å². The molecule has 0 radical (unpaired) electrons. The van der Waals surface area contributed by atoms with Crippen LogP contribution in [0.3, 0.4) is 0 Å². The van der Waals surface area contributed by atoms with Crippen LogP contribution in [-0.2, 0) is 10.9 Å². The summed E-state index contributed by atoms with van der Waals surface area (Å²) in [5, 5.41) is 0. The van der Waals surface area contributed by atoms with E-state index in [4.69, 9.17) is 4.74 Å². The lowest BCUT2D eigenvalue weighted by Crippen LogP contribution is -2.17. The SMILES string of the molecule is CCCCCCCCCCCC(C)OC(=O)c1cc(C(F)(F)F)ccc1F. The van der Waals surface area contributed by atoms with Gasteiger partial charge in [0.15, 0.2) is 0 Å². The van der Waals surface area contributed by atoms with Gasteiger partial charge in [-0.25, -0.2) is 9.18 Å². The minimum atomic E-state index is -4.63. The monoisotopic (exact) mass is 390 g/mol. The minimum Gasteiger partial charge on any atom is -0.459 e. The van der Waals surface area contributed by atoms with Gasteiger partial charge in [0.05, 0.1) is 17.2 Å². The minimum absolute atomic E-state index is 0.462.